The van der Waals surface area contributed by atoms with E-state index in [-0.39, 0.29) is 6.10 Å². The summed E-state index contributed by atoms with van der Waals surface area (Å²) in [7, 11) is -3.68. The number of carbonyl (C=O) groups excluding carboxylic acids is 2. The van der Waals surface area contributed by atoms with Gasteiger partial charge in [0.25, 0.3) is 5.91 Å². The molecule has 0 aromatic heterocycles. The van der Waals surface area contributed by atoms with E-state index in [1.54, 1.807) is 0 Å². The number of ether oxygens (including phenoxy) is 1. The van der Waals surface area contributed by atoms with Crippen molar-refractivity contribution in [2.24, 2.45) is 0 Å². The van der Waals surface area contributed by atoms with Crippen LogP contribution in [0.5, 0.6) is 5.75 Å². The first-order chi connectivity index (χ1) is 11.8. The molecule has 0 radical (unpaired) electrons. The van der Waals surface area contributed by atoms with Crippen LogP contribution in [0, 0.1) is 0 Å². The summed E-state index contributed by atoms with van der Waals surface area (Å²) in [5.41, 5.74) is -1.44. The standard InChI is InChI=1S/C16H21N3O5S/c1-16(14(20)17-15(21)18-16)11-25(22,23)19-9-7-13(8-10-19)24-12-5-3-2-4-6-12/h2-6,13H,7-11H2,1H3,(H2,17,18,20,21)/t16-/m1/s1. The Morgan fingerprint density at radius 3 is 2.40 bits per heavy atom. The van der Waals surface area contributed by atoms with E-state index in [0.29, 0.717) is 25.9 Å². The lowest BCUT2D eigenvalue weighted by Gasteiger charge is -2.33. The van der Waals surface area contributed by atoms with Gasteiger partial charge in [0.15, 0.2) is 0 Å². The van der Waals surface area contributed by atoms with Gasteiger partial charge in [-0.05, 0) is 31.9 Å². The lowest BCUT2D eigenvalue weighted by Crippen LogP contribution is -2.53. The first kappa shape index (κ1) is 17.7. The van der Waals surface area contributed by atoms with E-state index in [1.807, 2.05) is 30.3 Å². The van der Waals surface area contributed by atoms with E-state index in [1.165, 1.54) is 11.2 Å². The summed E-state index contributed by atoms with van der Waals surface area (Å²) in [4.78, 5) is 23.1. The van der Waals surface area contributed by atoms with Gasteiger partial charge in [-0.3, -0.25) is 10.1 Å². The number of hydrogen-bond acceptors (Lipinski definition) is 5. The number of rotatable bonds is 5. The van der Waals surface area contributed by atoms with Crippen LogP contribution in [0.4, 0.5) is 4.79 Å². The number of piperidine rings is 1. The van der Waals surface area contributed by atoms with Gasteiger partial charge in [0.05, 0.1) is 5.75 Å². The molecule has 136 valence electrons. The van der Waals surface area contributed by atoms with Crippen LogP contribution in [-0.4, -0.2) is 55.1 Å². The fraction of sp³-hybridized carbons (Fsp3) is 0.500. The molecule has 1 atom stereocenters. The molecule has 2 aliphatic rings. The van der Waals surface area contributed by atoms with Crippen LogP contribution in [-0.2, 0) is 14.8 Å². The van der Waals surface area contributed by atoms with Crippen LogP contribution >= 0.6 is 0 Å². The second-order valence-electron chi connectivity index (χ2n) is 6.53. The number of nitrogens with zero attached hydrogens (tertiary/aromatic N) is 1. The number of sulfonamides is 1. The molecule has 2 N–H and O–H groups in total. The Balaban J connectivity index is 1.58. The predicted molar refractivity (Wildman–Crippen MR) is 90.5 cm³/mol. The Morgan fingerprint density at radius 2 is 1.84 bits per heavy atom. The average molecular weight is 367 g/mol. The lowest BCUT2D eigenvalue weighted by atomic mass is 10.1. The van der Waals surface area contributed by atoms with Crippen molar-refractivity contribution in [1.29, 1.82) is 0 Å². The predicted octanol–water partition coefficient (Wildman–Crippen LogP) is 0.458. The van der Waals surface area contributed by atoms with Crippen LogP contribution in [0.15, 0.2) is 30.3 Å². The van der Waals surface area contributed by atoms with E-state index in [2.05, 4.69) is 10.6 Å². The molecule has 9 heteroatoms. The summed E-state index contributed by atoms with van der Waals surface area (Å²) in [5, 5.41) is 4.46. The second-order valence-corrected chi connectivity index (χ2v) is 8.49. The van der Waals surface area contributed by atoms with Crippen molar-refractivity contribution in [1.82, 2.24) is 14.9 Å². The van der Waals surface area contributed by atoms with E-state index in [9.17, 15) is 18.0 Å². The molecule has 1 aromatic rings. The van der Waals surface area contributed by atoms with Gasteiger partial charge in [0.1, 0.15) is 17.4 Å². The molecule has 3 amide bonds. The summed E-state index contributed by atoms with van der Waals surface area (Å²) in [5.74, 6) is -0.313. The number of para-hydroxylation sites is 1. The third-order valence-electron chi connectivity index (χ3n) is 4.43. The highest BCUT2D eigenvalue weighted by Crippen LogP contribution is 2.22. The molecule has 25 heavy (non-hydrogen) atoms. The van der Waals surface area contributed by atoms with E-state index in [0.717, 1.165) is 5.75 Å². The normalized spacial score (nSPS) is 25.5. The highest BCUT2D eigenvalue weighted by atomic mass is 32.2. The van der Waals surface area contributed by atoms with Gasteiger partial charge in [0.2, 0.25) is 10.0 Å². The molecule has 0 unspecified atom stereocenters. The van der Waals surface area contributed by atoms with Crippen molar-refractivity contribution < 1.29 is 22.7 Å². The van der Waals surface area contributed by atoms with Gasteiger partial charge < -0.3 is 10.1 Å². The first-order valence-electron chi connectivity index (χ1n) is 8.12. The van der Waals surface area contributed by atoms with Gasteiger partial charge in [-0.2, -0.15) is 0 Å². The molecule has 2 aliphatic heterocycles. The van der Waals surface area contributed by atoms with Gasteiger partial charge in [0, 0.05) is 13.1 Å². The molecule has 0 spiro atoms. The molecule has 1 aromatic carbocycles. The molecule has 0 aliphatic carbocycles. The fourth-order valence-corrected chi connectivity index (χ4v) is 4.94. The van der Waals surface area contributed by atoms with Crippen LogP contribution in [0.3, 0.4) is 0 Å². The smallest absolute Gasteiger partial charge is 0.322 e. The summed E-state index contributed by atoms with van der Waals surface area (Å²) in [6.45, 7) is 2.06. The minimum Gasteiger partial charge on any atom is -0.490 e. The number of imide groups is 1. The Labute approximate surface area is 146 Å². The second kappa shape index (κ2) is 6.64. The Hall–Kier alpha value is -2.13. The largest absolute Gasteiger partial charge is 0.490 e. The molecule has 8 nitrogen and oxygen atoms in total. The van der Waals surface area contributed by atoms with E-state index in [4.69, 9.17) is 4.74 Å². The SMILES string of the molecule is C[C@]1(CS(=O)(=O)N2CCC(Oc3ccccc3)CC2)NC(=O)NC1=O. The fourth-order valence-electron chi connectivity index (χ4n) is 3.06. The van der Waals surface area contributed by atoms with Crippen LogP contribution in [0.25, 0.3) is 0 Å². The molecule has 2 fully saturated rings. The number of carbonyl (C=O) groups is 2. The zero-order valence-corrected chi connectivity index (χ0v) is 14.7. The maximum absolute atomic E-state index is 12.6. The topological polar surface area (TPSA) is 105 Å². The van der Waals surface area contributed by atoms with Crippen molar-refractivity contribution in [2.45, 2.75) is 31.4 Å². The highest BCUT2D eigenvalue weighted by Gasteiger charge is 2.46. The average Bonchev–Trinajstić information content (AvgIpc) is 2.80. The van der Waals surface area contributed by atoms with E-state index >= 15 is 0 Å². The van der Waals surface area contributed by atoms with Gasteiger partial charge >= 0.3 is 6.03 Å². The summed E-state index contributed by atoms with van der Waals surface area (Å²) < 4.78 is 32.5. The molecular formula is C16H21N3O5S. The minimum atomic E-state index is -3.68. The molecular weight excluding hydrogens is 346 g/mol. The van der Waals surface area contributed by atoms with Crippen LogP contribution < -0.4 is 15.4 Å². The molecule has 2 heterocycles. The minimum absolute atomic E-state index is 0.0427. The van der Waals surface area contributed by atoms with Crippen molar-refractivity contribution in [3.05, 3.63) is 30.3 Å². The highest BCUT2D eigenvalue weighted by molar-refractivity contribution is 7.89. The maximum Gasteiger partial charge on any atom is 0.322 e. The van der Waals surface area contributed by atoms with Crippen molar-refractivity contribution in [3.63, 3.8) is 0 Å². The van der Waals surface area contributed by atoms with Crippen molar-refractivity contribution in [2.75, 3.05) is 18.8 Å². The van der Waals surface area contributed by atoms with Crippen LogP contribution in [0.2, 0.25) is 0 Å². The quantitative estimate of drug-likeness (QED) is 0.736. The molecule has 3 rings (SSSR count). The molecule has 2 saturated heterocycles. The third-order valence-corrected chi connectivity index (χ3v) is 6.52. The summed E-state index contributed by atoms with van der Waals surface area (Å²) in [6.07, 6.45) is 1.10. The van der Waals surface area contributed by atoms with Crippen molar-refractivity contribution in [3.8, 4) is 5.75 Å². The van der Waals surface area contributed by atoms with Gasteiger partial charge in [-0.15, -0.1) is 0 Å². The molecule has 0 saturated carbocycles. The first-order valence-corrected chi connectivity index (χ1v) is 9.73. The number of urea groups is 1. The van der Waals surface area contributed by atoms with Gasteiger partial charge in [-0.1, -0.05) is 18.2 Å². The van der Waals surface area contributed by atoms with Crippen LogP contribution in [0.1, 0.15) is 19.8 Å². The summed E-state index contributed by atoms with van der Waals surface area (Å²) >= 11 is 0. The number of benzene rings is 1. The maximum atomic E-state index is 12.6. The lowest BCUT2D eigenvalue weighted by molar-refractivity contribution is -0.122. The monoisotopic (exact) mass is 367 g/mol. The van der Waals surface area contributed by atoms with Gasteiger partial charge in [-0.25, -0.2) is 17.5 Å². The van der Waals surface area contributed by atoms with Crippen molar-refractivity contribution >= 4 is 22.0 Å². The number of nitrogens with one attached hydrogen (secondary N) is 2. The number of hydrogen-bond donors (Lipinski definition) is 2. The third kappa shape index (κ3) is 3.93. The summed E-state index contributed by atoms with van der Waals surface area (Å²) in [6, 6.07) is 8.74. The van der Waals surface area contributed by atoms with E-state index < -0.39 is 33.3 Å². The zero-order chi connectivity index (χ0) is 18.1. The Kier molecular flexibility index (Phi) is 4.70. The molecule has 0 bridgehead atoms. The number of amides is 3. The zero-order valence-electron chi connectivity index (χ0n) is 13.9. The Bertz CT molecular complexity index is 759. The Morgan fingerprint density at radius 1 is 1.20 bits per heavy atom.